The first-order valence-electron chi connectivity index (χ1n) is 7.86. The van der Waals surface area contributed by atoms with E-state index in [9.17, 15) is 14.4 Å². The molecule has 0 aliphatic rings. The minimum absolute atomic E-state index is 0.107. The standard InChI is InChI=1S/C18H18N4O3/c1-11-7-12(2)21-17(24)14(11)8-19-16(23)9-22-10-20-15-6-4-3-5-13(15)18(22)25/h3-7,10H,8-9H2,1-2H3,(H,19,23)(H,21,24). The zero-order chi connectivity index (χ0) is 18.0. The third kappa shape index (κ3) is 3.50. The molecule has 0 aliphatic carbocycles. The van der Waals surface area contributed by atoms with Gasteiger partial charge in [0.1, 0.15) is 6.54 Å². The Hall–Kier alpha value is -3.22. The number of hydrogen-bond donors (Lipinski definition) is 2. The van der Waals surface area contributed by atoms with Crippen molar-refractivity contribution in [3.8, 4) is 0 Å². The highest BCUT2D eigenvalue weighted by Crippen LogP contribution is 2.05. The largest absolute Gasteiger partial charge is 0.350 e. The Bertz CT molecular complexity index is 1070. The Balaban J connectivity index is 1.75. The number of H-pyrrole nitrogens is 1. The molecule has 1 aromatic carbocycles. The summed E-state index contributed by atoms with van der Waals surface area (Å²) in [5.41, 5.74) is 2.18. The van der Waals surface area contributed by atoms with Crippen LogP contribution in [0.15, 0.2) is 46.2 Å². The van der Waals surface area contributed by atoms with Crippen molar-refractivity contribution in [1.29, 1.82) is 0 Å². The van der Waals surface area contributed by atoms with Crippen molar-refractivity contribution in [3.63, 3.8) is 0 Å². The highest BCUT2D eigenvalue weighted by atomic mass is 16.2. The van der Waals surface area contributed by atoms with Gasteiger partial charge in [-0.15, -0.1) is 0 Å². The SMILES string of the molecule is Cc1cc(C)c(CNC(=O)Cn2cnc3ccccc3c2=O)c(=O)[nH]1. The van der Waals surface area contributed by atoms with E-state index in [2.05, 4.69) is 15.3 Å². The fourth-order valence-electron chi connectivity index (χ4n) is 2.72. The number of nitrogens with zero attached hydrogens (tertiary/aromatic N) is 2. The number of aromatic amines is 1. The highest BCUT2D eigenvalue weighted by Gasteiger charge is 2.10. The summed E-state index contributed by atoms with van der Waals surface area (Å²) in [6.07, 6.45) is 1.36. The summed E-state index contributed by atoms with van der Waals surface area (Å²) < 4.78 is 1.25. The Labute approximate surface area is 143 Å². The van der Waals surface area contributed by atoms with Crippen LogP contribution in [0.1, 0.15) is 16.8 Å². The normalized spacial score (nSPS) is 10.8. The fourth-order valence-corrected chi connectivity index (χ4v) is 2.72. The average molecular weight is 338 g/mol. The number of aromatic nitrogens is 3. The van der Waals surface area contributed by atoms with Crippen molar-refractivity contribution in [2.24, 2.45) is 0 Å². The van der Waals surface area contributed by atoms with E-state index in [1.54, 1.807) is 31.2 Å². The van der Waals surface area contributed by atoms with Crippen LogP contribution < -0.4 is 16.4 Å². The van der Waals surface area contributed by atoms with Gasteiger partial charge in [-0.05, 0) is 37.6 Å². The molecule has 128 valence electrons. The van der Waals surface area contributed by atoms with E-state index in [0.717, 1.165) is 11.3 Å². The maximum absolute atomic E-state index is 12.4. The van der Waals surface area contributed by atoms with Gasteiger partial charge in [0.25, 0.3) is 11.1 Å². The van der Waals surface area contributed by atoms with E-state index >= 15 is 0 Å². The van der Waals surface area contributed by atoms with Crippen molar-refractivity contribution in [1.82, 2.24) is 19.9 Å². The minimum Gasteiger partial charge on any atom is -0.350 e. The lowest BCUT2D eigenvalue weighted by Gasteiger charge is -2.09. The number of amides is 1. The molecule has 0 aliphatic heterocycles. The van der Waals surface area contributed by atoms with E-state index in [0.29, 0.717) is 16.5 Å². The van der Waals surface area contributed by atoms with Crippen LogP contribution in [0.5, 0.6) is 0 Å². The number of carbonyl (C=O) groups excluding carboxylic acids is 1. The molecule has 1 amide bonds. The van der Waals surface area contributed by atoms with Gasteiger partial charge in [-0.3, -0.25) is 19.0 Å². The van der Waals surface area contributed by atoms with Gasteiger partial charge in [0, 0.05) is 17.8 Å². The number of aryl methyl sites for hydroxylation is 2. The van der Waals surface area contributed by atoms with Crippen molar-refractivity contribution < 1.29 is 4.79 Å². The number of para-hydroxylation sites is 1. The Morgan fingerprint density at radius 2 is 2.00 bits per heavy atom. The third-order valence-electron chi connectivity index (χ3n) is 4.00. The van der Waals surface area contributed by atoms with Gasteiger partial charge in [0.15, 0.2) is 0 Å². The van der Waals surface area contributed by atoms with E-state index in [1.165, 1.54) is 10.9 Å². The van der Waals surface area contributed by atoms with Crippen molar-refractivity contribution in [2.75, 3.05) is 0 Å². The summed E-state index contributed by atoms with van der Waals surface area (Å²) in [6.45, 7) is 3.58. The molecule has 0 saturated carbocycles. The maximum atomic E-state index is 12.4. The summed E-state index contributed by atoms with van der Waals surface area (Å²) >= 11 is 0. The number of fused-ring (bicyclic) bond motifs is 1. The number of rotatable bonds is 4. The van der Waals surface area contributed by atoms with E-state index < -0.39 is 0 Å². The second-order valence-corrected chi connectivity index (χ2v) is 5.91. The molecule has 2 N–H and O–H groups in total. The van der Waals surface area contributed by atoms with Crippen molar-refractivity contribution >= 4 is 16.8 Å². The Kier molecular flexibility index (Phi) is 4.47. The lowest BCUT2D eigenvalue weighted by molar-refractivity contribution is -0.121. The molecule has 0 atom stereocenters. The third-order valence-corrected chi connectivity index (χ3v) is 4.00. The monoisotopic (exact) mass is 338 g/mol. The first kappa shape index (κ1) is 16.6. The topological polar surface area (TPSA) is 96.8 Å². The van der Waals surface area contributed by atoms with Crippen LogP contribution in [-0.2, 0) is 17.9 Å². The smallest absolute Gasteiger partial charge is 0.261 e. The zero-order valence-electron chi connectivity index (χ0n) is 14.0. The van der Waals surface area contributed by atoms with E-state index in [4.69, 9.17) is 0 Å². The molecule has 0 saturated heterocycles. The highest BCUT2D eigenvalue weighted by molar-refractivity contribution is 5.78. The Morgan fingerprint density at radius 3 is 2.76 bits per heavy atom. The summed E-state index contributed by atoms with van der Waals surface area (Å²) in [4.78, 5) is 43.4. The number of hydrogen-bond acceptors (Lipinski definition) is 4. The first-order chi connectivity index (χ1) is 12.0. The molecule has 0 bridgehead atoms. The molecule has 7 heteroatoms. The van der Waals surface area contributed by atoms with Gasteiger partial charge < -0.3 is 10.3 Å². The number of carbonyl (C=O) groups is 1. The van der Waals surface area contributed by atoms with Crippen LogP contribution in [0.2, 0.25) is 0 Å². The summed E-state index contributed by atoms with van der Waals surface area (Å²) in [5, 5.41) is 3.14. The average Bonchev–Trinajstić information content (AvgIpc) is 2.56. The van der Waals surface area contributed by atoms with Crippen molar-refractivity contribution in [2.45, 2.75) is 26.9 Å². The molecule has 25 heavy (non-hydrogen) atoms. The van der Waals surface area contributed by atoms with Gasteiger partial charge in [0.2, 0.25) is 5.91 Å². The second kappa shape index (κ2) is 6.72. The number of nitrogens with one attached hydrogen (secondary N) is 2. The molecule has 0 unspecified atom stereocenters. The molecular formula is C18H18N4O3. The van der Waals surface area contributed by atoms with Crippen LogP contribution in [0.25, 0.3) is 10.9 Å². The van der Waals surface area contributed by atoms with Gasteiger partial charge in [0.05, 0.1) is 17.2 Å². The molecule has 3 rings (SSSR count). The molecular weight excluding hydrogens is 320 g/mol. The molecule has 7 nitrogen and oxygen atoms in total. The van der Waals surface area contributed by atoms with Crippen LogP contribution in [-0.4, -0.2) is 20.4 Å². The maximum Gasteiger partial charge on any atom is 0.261 e. The second-order valence-electron chi connectivity index (χ2n) is 5.91. The fraction of sp³-hybridized carbons (Fsp3) is 0.222. The van der Waals surface area contributed by atoms with Crippen LogP contribution in [0.3, 0.4) is 0 Å². The predicted octanol–water partition coefficient (Wildman–Crippen LogP) is 1.02. The molecule has 2 aromatic heterocycles. The molecule has 3 aromatic rings. The lowest BCUT2D eigenvalue weighted by atomic mass is 10.1. The summed E-state index contributed by atoms with van der Waals surface area (Å²) in [6, 6.07) is 8.82. The zero-order valence-corrected chi connectivity index (χ0v) is 14.0. The van der Waals surface area contributed by atoms with Gasteiger partial charge in [-0.2, -0.15) is 0 Å². The van der Waals surface area contributed by atoms with Crippen LogP contribution >= 0.6 is 0 Å². The van der Waals surface area contributed by atoms with Crippen LogP contribution in [0.4, 0.5) is 0 Å². The molecule has 0 fully saturated rings. The molecule has 2 heterocycles. The van der Waals surface area contributed by atoms with Gasteiger partial charge >= 0.3 is 0 Å². The van der Waals surface area contributed by atoms with Crippen LogP contribution in [0, 0.1) is 13.8 Å². The van der Waals surface area contributed by atoms with Crippen molar-refractivity contribution in [3.05, 3.63) is 74.2 Å². The summed E-state index contributed by atoms with van der Waals surface area (Å²) in [7, 11) is 0. The predicted molar refractivity (Wildman–Crippen MR) is 94.4 cm³/mol. The number of benzene rings is 1. The lowest BCUT2D eigenvalue weighted by Crippen LogP contribution is -2.33. The van der Waals surface area contributed by atoms with E-state index in [-0.39, 0.29) is 30.1 Å². The van der Waals surface area contributed by atoms with Gasteiger partial charge in [-0.25, -0.2) is 4.98 Å². The molecule has 0 radical (unpaired) electrons. The minimum atomic E-state index is -0.362. The summed E-state index contributed by atoms with van der Waals surface area (Å²) in [5.74, 6) is -0.362. The number of pyridine rings is 1. The quantitative estimate of drug-likeness (QED) is 0.742. The Morgan fingerprint density at radius 1 is 1.24 bits per heavy atom. The first-order valence-corrected chi connectivity index (χ1v) is 7.86. The van der Waals surface area contributed by atoms with E-state index in [1.807, 2.05) is 13.0 Å². The molecule has 0 spiro atoms. The van der Waals surface area contributed by atoms with Gasteiger partial charge in [-0.1, -0.05) is 12.1 Å².